The summed E-state index contributed by atoms with van der Waals surface area (Å²) in [5, 5.41) is 2.85. The van der Waals surface area contributed by atoms with Crippen LogP contribution in [0.3, 0.4) is 0 Å². The van der Waals surface area contributed by atoms with Gasteiger partial charge in [0, 0.05) is 13.1 Å². The van der Waals surface area contributed by atoms with Gasteiger partial charge in [-0.05, 0) is 18.4 Å². The number of hydrogen-bond donors (Lipinski definition) is 3. The highest BCUT2D eigenvalue weighted by atomic mass is 35.5. The van der Waals surface area contributed by atoms with Crippen LogP contribution in [0.15, 0.2) is 40.3 Å². The molecule has 0 fully saturated rings. The van der Waals surface area contributed by atoms with Crippen LogP contribution in [-0.2, 0) is 6.42 Å². The van der Waals surface area contributed by atoms with E-state index in [1.165, 1.54) is 50.5 Å². The van der Waals surface area contributed by atoms with E-state index in [0.717, 1.165) is 19.4 Å². The molecule has 0 heterocycles. The summed E-state index contributed by atoms with van der Waals surface area (Å²) in [6, 6.07) is 10.2. The van der Waals surface area contributed by atoms with Crippen LogP contribution in [0.5, 0.6) is 0 Å². The lowest BCUT2D eigenvalue weighted by Gasteiger charge is -2.05. The quantitative estimate of drug-likeness (QED) is 0.266. The third kappa shape index (κ3) is 16.4. The molecule has 5 N–H and O–H groups in total. The Morgan fingerprint density at radius 2 is 1.30 bits per heavy atom. The van der Waals surface area contributed by atoms with Crippen molar-refractivity contribution in [1.29, 1.82) is 0 Å². The van der Waals surface area contributed by atoms with E-state index in [0.29, 0.717) is 18.5 Å². The lowest BCUT2D eigenvalue weighted by molar-refractivity contribution is 0.578. The molecule has 1 rings (SSSR count). The van der Waals surface area contributed by atoms with Crippen molar-refractivity contribution in [1.82, 2.24) is 5.32 Å². The van der Waals surface area contributed by atoms with E-state index in [9.17, 15) is 0 Å². The number of guanidine groups is 2. The van der Waals surface area contributed by atoms with Gasteiger partial charge in [0.05, 0.1) is 0 Å². The van der Waals surface area contributed by atoms with Crippen molar-refractivity contribution in [3.8, 4) is 0 Å². The number of nitrogens with zero attached hydrogens (tertiary/aromatic N) is 2. The monoisotopic (exact) mass is 417 g/mol. The Hall–Kier alpha value is -1.46. The smallest absolute Gasteiger partial charge is 0.195 e. The van der Waals surface area contributed by atoms with Gasteiger partial charge in [0.1, 0.15) is 0 Å². The van der Waals surface area contributed by atoms with Crippen LogP contribution in [-0.4, -0.2) is 25.0 Å². The molecule has 0 atom stereocenters. The van der Waals surface area contributed by atoms with Gasteiger partial charge in [0.25, 0.3) is 0 Å². The number of benzene rings is 1. The number of rotatable bonds is 12. The third-order valence-electron chi connectivity index (χ3n) is 4.08. The van der Waals surface area contributed by atoms with Crippen molar-refractivity contribution in [2.45, 2.75) is 64.7 Å². The van der Waals surface area contributed by atoms with Crippen molar-refractivity contribution in [3.63, 3.8) is 0 Å². The molecule has 0 spiro atoms. The van der Waals surface area contributed by atoms with Crippen LogP contribution in [0.1, 0.15) is 63.9 Å². The highest BCUT2D eigenvalue weighted by molar-refractivity contribution is 5.97. The maximum absolute atomic E-state index is 5.83. The normalized spacial score (nSPS) is 11.4. The Morgan fingerprint density at radius 3 is 1.89 bits per heavy atom. The summed E-state index contributed by atoms with van der Waals surface area (Å²) in [7, 11) is 0. The molecule has 0 unspecified atom stereocenters. The number of unbranched alkanes of at least 4 members (excludes halogenated alkanes) is 7. The molecule has 0 aliphatic carbocycles. The molecule has 0 aliphatic rings. The first-order valence-electron chi connectivity index (χ1n) is 9.63. The fourth-order valence-corrected chi connectivity index (χ4v) is 2.61. The van der Waals surface area contributed by atoms with E-state index in [1.54, 1.807) is 0 Å². The molecule has 0 radical (unpaired) electrons. The summed E-state index contributed by atoms with van der Waals surface area (Å²) in [5.41, 5.74) is 12.9. The summed E-state index contributed by atoms with van der Waals surface area (Å²) in [6.07, 6.45) is 11.2. The van der Waals surface area contributed by atoms with E-state index in [-0.39, 0.29) is 24.8 Å². The van der Waals surface area contributed by atoms with E-state index >= 15 is 0 Å². The van der Waals surface area contributed by atoms with E-state index in [1.807, 2.05) is 18.2 Å². The average molecular weight is 418 g/mol. The van der Waals surface area contributed by atoms with Gasteiger partial charge >= 0.3 is 0 Å². The number of halogens is 2. The van der Waals surface area contributed by atoms with Crippen LogP contribution in [0.4, 0.5) is 0 Å². The Bertz CT molecular complexity index is 506. The molecule has 0 bridgehead atoms. The fourth-order valence-electron chi connectivity index (χ4n) is 2.61. The molecule has 7 heteroatoms. The molecule has 156 valence electrons. The summed E-state index contributed by atoms with van der Waals surface area (Å²) < 4.78 is 0. The van der Waals surface area contributed by atoms with Gasteiger partial charge in [0.15, 0.2) is 11.9 Å². The highest BCUT2D eigenvalue weighted by Crippen LogP contribution is 2.08. The van der Waals surface area contributed by atoms with Crippen molar-refractivity contribution < 1.29 is 0 Å². The zero-order valence-electron chi connectivity index (χ0n) is 16.5. The Labute approximate surface area is 177 Å². The topological polar surface area (TPSA) is 88.8 Å². The SMILES string of the molecule is CCCCCCCCCCN=C(N)NC(N)=NCCc1ccccc1.Cl.Cl. The number of aliphatic imine (C=N–C) groups is 2. The Kier molecular flexibility index (Phi) is 19.8. The van der Waals surface area contributed by atoms with Gasteiger partial charge < -0.3 is 11.5 Å². The lowest BCUT2D eigenvalue weighted by atomic mass is 10.1. The molecule has 0 saturated heterocycles. The summed E-state index contributed by atoms with van der Waals surface area (Å²) >= 11 is 0. The minimum atomic E-state index is 0. The molecule has 0 aromatic heterocycles. The summed E-state index contributed by atoms with van der Waals surface area (Å²) in [5.74, 6) is 0.678. The van der Waals surface area contributed by atoms with Crippen molar-refractivity contribution in [2.75, 3.05) is 13.1 Å². The van der Waals surface area contributed by atoms with Crippen LogP contribution in [0, 0.1) is 0 Å². The van der Waals surface area contributed by atoms with Gasteiger partial charge in [-0.25, -0.2) is 0 Å². The third-order valence-corrected chi connectivity index (χ3v) is 4.08. The molecular weight excluding hydrogens is 381 g/mol. The molecule has 0 saturated carbocycles. The second-order valence-electron chi connectivity index (χ2n) is 6.37. The number of hydrogen-bond acceptors (Lipinski definition) is 2. The first-order chi connectivity index (χ1) is 12.2. The molecule has 27 heavy (non-hydrogen) atoms. The maximum atomic E-state index is 5.83. The zero-order valence-corrected chi connectivity index (χ0v) is 18.2. The molecule has 0 amide bonds. The molecule has 0 aliphatic heterocycles. The maximum Gasteiger partial charge on any atom is 0.195 e. The van der Waals surface area contributed by atoms with Gasteiger partial charge in [-0.3, -0.25) is 15.3 Å². The Morgan fingerprint density at radius 1 is 0.778 bits per heavy atom. The van der Waals surface area contributed by atoms with Crippen LogP contribution < -0.4 is 16.8 Å². The predicted octanol–water partition coefficient (Wildman–Crippen LogP) is 4.43. The molecular formula is C20H37Cl2N5. The van der Waals surface area contributed by atoms with Gasteiger partial charge in [-0.2, -0.15) is 0 Å². The standard InChI is InChI=1S/C20H35N5.2ClH/c1-2-3-4-5-6-7-8-12-16-23-19(21)25-20(22)24-17-15-18-13-10-9-11-14-18;;/h9-11,13-14H,2-8,12,15-17H2,1H3,(H5,21,22,23,24,25);2*1H. The van der Waals surface area contributed by atoms with Gasteiger partial charge in [-0.1, -0.05) is 82.2 Å². The van der Waals surface area contributed by atoms with E-state index in [2.05, 4.69) is 34.4 Å². The Balaban J connectivity index is 0. The second kappa shape index (κ2) is 19.3. The summed E-state index contributed by atoms with van der Waals surface area (Å²) in [4.78, 5) is 8.58. The minimum Gasteiger partial charge on any atom is -0.370 e. The van der Waals surface area contributed by atoms with Crippen molar-refractivity contribution >= 4 is 36.7 Å². The van der Waals surface area contributed by atoms with E-state index in [4.69, 9.17) is 11.5 Å². The number of nitrogens with one attached hydrogen (secondary N) is 1. The van der Waals surface area contributed by atoms with Crippen LogP contribution in [0.25, 0.3) is 0 Å². The predicted molar refractivity (Wildman–Crippen MR) is 123 cm³/mol. The van der Waals surface area contributed by atoms with Crippen molar-refractivity contribution in [2.24, 2.45) is 21.5 Å². The largest absolute Gasteiger partial charge is 0.370 e. The first kappa shape index (κ1) is 27.8. The van der Waals surface area contributed by atoms with E-state index < -0.39 is 0 Å². The zero-order chi connectivity index (χ0) is 18.2. The summed E-state index contributed by atoms with van der Waals surface area (Å²) in [6.45, 7) is 3.62. The van der Waals surface area contributed by atoms with Crippen molar-refractivity contribution in [3.05, 3.63) is 35.9 Å². The lowest BCUT2D eigenvalue weighted by Crippen LogP contribution is -2.41. The molecule has 1 aromatic carbocycles. The van der Waals surface area contributed by atoms with Gasteiger partial charge in [0.2, 0.25) is 0 Å². The second-order valence-corrected chi connectivity index (χ2v) is 6.37. The van der Waals surface area contributed by atoms with Crippen LogP contribution in [0.2, 0.25) is 0 Å². The highest BCUT2D eigenvalue weighted by Gasteiger charge is 1.96. The average Bonchev–Trinajstić information content (AvgIpc) is 2.61. The first-order valence-corrected chi connectivity index (χ1v) is 9.63. The van der Waals surface area contributed by atoms with Gasteiger partial charge in [-0.15, -0.1) is 24.8 Å². The number of nitrogens with two attached hydrogens (primary N) is 2. The molecule has 1 aromatic rings. The fraction of sp³-hybridized carbons (Fsp3) is 0.600. The molecule has 5 nitrogen and oxygen atoms in total. The van der Waals surface area contributed by atoms with Crippen LogP contribution >= 0.6 is 24.8 Å². The minimum absolute atomic E-state index is 0.